The van der Waals surface area contributed by atoms with Gasteiger partial charge < -0.3 is 5.32 Å². The van der Waals surface area contributed by atoms with Crippen molar-refractivity contribution < 1.29 is 14.0 Å². The van der Waals surface area contributed by atoms with Crippen LogP contribution in [-0.4, -0.2) is 11.7 Å². The molecular formula is C16H12FNO2. The first-order valence-electron chi connectivity index (χ1n) is 6.32. The van der Waals surface area contributed by atoms with Crippen LogP contribution in [0.4, 0.5) is 10.1 Å². The second-order valence-corrected chi connectivity index (χ2v) is 4.82. The molecule has 0 fully saturated rings. The summed E-state index contributed by atoms with van der Waals surface area (Å²) in [5.41, 5.74) is 2.96. The fourth-order valence-corrected chi connectivity index (χ4v) is 2.29. The third kappa shape index (κ3) is 2.45. The zero-order chi connectivity index (χ0) is 14.1. The topological polar surface area (TPSA) is 46.2 Å². The van der Waals surface area contributed by atoms with Crippen LogP contribution < -0.4 is 5.32 Å². The summed E-state index contributed by atoms with van der Waals surface area (Å²) in [5, 5.41) is 2.73. The van der Waals surface area contributed by atoms with Crippen molar-refractivity contribution in [3.63, 3.8) is 0 Å². The summed E-state index contributed by atoms with van der Waals surface area (Å²) in [4.78, 5) is 23.5. The number of fused-ring (bicyclic) bond motifs is 1. The molecule has 20 heavy (non-hydrogen) atoms. The molecule has 0 aromatic heterocycles. The molecule has 100 valence electrons. The van der Waals surface area contributed by atoms with Gasteiger partial charge >= 0.3 is 0 Å². The van der Waals surface area contributed by atoms with E-state index in [2.05, 4.69) is 5.32 Å². The monoisotopic (exact) mass is 269 g/mol. The number of hydrogen-bond acceptors (Lipinski definition) is 2. The zero-order valence-electron chi connectivity index (χ0n) is 10.7. The SMILES string of the molecule is O=C1Cc2cc(C(=O)Cc3ccc(F)cc3)ccc2N1. The van der Waals surface area contributed by atoms with Crippen LogP contribution in [0.15, 0.2) is 42.5 Å². The van der Waals surface area contributed by atoms with Gasteiger partial charge in [-0.15, -0.1) is 0 Å². The molecule has 0 saturated carbocycles. The minimum atomic E-state index is -0.316. The Morgan fingerprint density at radius 3 is 2.65 bits per heavy atom. The Morgan fingerprint density at radius 1 is 1.15 bits per heavy atom. The van der Waals surface area contributed by atoms with E-state index in [-0.39, 0.29) is 23.9 Å². The number of halogens is 1. The molecule has 1 N–H and O–H groups in total. The molecule has 0 aliphatic carbocycles. The van der Waals surface area contributed by atoms with E-state index < -0.39 is 0 Å². The van der Waals surface area contributed by atoms with Gasteiger partial charge in [0.05, 0.1) is 6.42 Å². The highest BCUT2D eigenvalue weighted by Crippen LogP contribution is 2.24. The average Bonchev–Trinajstić information content (AvgIpc) is 2.80. The van der Waals surface area contributed by atoms with Crippen LogP contribution in [0.25, 0.3) is 0 Å². The predicted octanol–water partition coefficient (Wildman–Crippen LogP) is 2.75. The number of anilines is 1. The van der Waals surface area contributed by atoms with Gasteiger partial charge in [-0.2, -0.15) is 0 Å². The Hall–Kier alpha value is -2.49. The maximum atomic E-state index is 12.8. The van der Waals surface area contributed by atoms with E-state index in [1.807, 2.05) is 0 Å². The molecule has 0 saturated heterocycles. The number of amides is 1. The smallest absolute Gasteiger partial charge is 0.228 e. The van der Waals surface area contributed by atoms with Crippen LogP contribution in [0.1, 0.15) is 21.5 Å². The number of nitrogens with one attached hydrogen (secondary N) is 1. The molecule has 2 aromatic rings. The summed E-state index contributed by atoms with van der Waals surface area (Å²) in [5.74, 6) is -0.412. The van der Waals surface area contributed by atoms with Gasteiger partial charge in [0.25, 0.3) is 0 Å². The fourth-order valence-electron chi connectivity index (χ4n) is 2.29. The van der Waals surface area contributed by atoms with Gasteiger partial charge in [-0.05, 0) is 41.5 Å². The average molecular weight is 269 g/mol. The van der Waals surface area contributed by atoms with Crippen LogP contribution in [0.2, 0.25) is 0 Å². The first kappa shape index (κ1) is 12.5. The van der Waals surface area contributed by atoms with Crippen molar-refractivity contribution in [3.8, 4) is 0 Å². The maximum absolute atomic E-state index is 12.8. The second-order valence-electron chi connectivity index (χ2n) is 4.82. The fraction of sp³-hybridized carbons (Fsp3) is 0.125. The standard InChI is InChI=1S/C16H12FNO2/c17-13-4-1-10(2-5-13)7-15(19)11-3-6-14-12(8-11)9-16(20)18-14/h1-6,8H,7,9H2,(H,18,20). The molecule has 0 bridgehead atoms. The van der Waals surface area contributed by atoms with E-state index in [9.17, 15) is 14.0 Å². The Bertz CT molecular complexity index is 692. The lowest BCUT2D eigenvalue weighted by Crippen LogP contribution is -2.04. The van der Waals surface area contributed by atoms with E-state index in [4.69, 9.17) is 0 Å². The second kappa shape index (κ2) is 4.89. The summed E-state index contributed by atoms with van der Waals surface area (Å²) in [6.07, 6.45) is 0.535. The summed E-state index contributed by atoms with van der Waals surface area (Å²) < 4.78 is 12.8. The first-order valence-corrected chi connectivity index (χ1v) is 6.32. The third-order valence-electron chi connectivity index (χ3n) is 3.33. The Kier molecular flexibility index (Phi) is 3.06. The quantitative estimate of drug-likeness (QED) is 0.871. The molecule has 3 rings (SSSR count). The zero-order valence-corrected chi connectivity index (χ0v) is 10.7. The number of rotatable bonds is 3. The minimum absolute atomic E-state index is 0.0428. The van der Waals surface area contributed by atoms with E-state index >= 15 is 0 Å². The van der Waals surface area contributed by atoms with Crippen LogP contribution in [-0.2, 0) is 17.6 Å². The lowest BCUT2D eigenvalue weighted by Gasteiger charge is -2.04. The van der Waals surface area contributed by atoms with Gasteiger partial charge in [-0.1, -0.05) is 12.1 Å². The van der Waals surface area contributed by atoms with Crippen LogP contribution in [0.5, 0.6) is 0 Å². The van der Waals surface area contributed by atoms with Crippen molar-refractivity contribution in [2.75, 3.05) is 5.32 Å². The number of ketones is 1. The Labute approximate surface area is 115 Å². The van der Waals surface area contributed by atoms with Crippen LogP contribution in [0, 0.1) is 5.82 Å². The van der Waals surface area contributed by atoms with Gasteiger partial charge in [0.15, 0.2) is 5.78 Å². The highest BCUT2D eigenvalue weighted by molar-refractivity contribution is 6.02. The highest BCUT2D eigenvalue weighted by Gasteiger charge is 2.19. The molecular weight excluding hydrogens is 257 g/mol. The van der Waals surface area contributed by atoms with Gasteiger partial charge in [0.2, 0.25) is 5.91 Å². The molecule has 1 aliphatic heterocycles. The number of carbonyl (C=O) groups is 2. The molecule has 4 heteroatoms. The van der Waals surface area contributed by atoms with Crippen molar-refractivity contribution in [1.29, 1.82) is 0 Å². The molecule has 0 unspecified atom stereocenters. The van der Waals surface area contributed by atoms with E-state index in [0.29, 0.717) is 12.0 Å². The number of benzene rings is 2. The Morgan fingerprint density at radius 2 is 1.90 bits per heavy atom. The maximum Gasteiger partial charge on any atom is 0.228 e. The molecule has 0 atom stereocenters. The highest BCUT2D eigenvalue weighted by atomic mass is 19.1. The van der Waals surface area contributed by atoms with Crippen LogP contribution >= 0.6 is 0 Å². The first-order chi connectivity index (χ1) is 9.61. The molecule has 0 radical (unpaired) electrons. The van der Waals surface area contributed by atoms with E-state index in [0.717, 1.165) is 16.8 Å². The van der Waals surface area contributed by atoms with E-state index in [1.165, 1.54) is 12.1 Å². The summed E-state index contributed by atoms with van der Waals surface area (Å²) in [7, 11) is 0. The van der Waals surface area contributed by atoms with Crippen LogP contribution in [0.3, 0.4) is 0 Å². The van der Waals surface area contributed by atoms with Crippen molar-refractivity contribution in [3.05, 3.63) is 65.0 Å². The van der Waals surface area contributed by atoms with Gasteiger partial charge in [-0.25, -0.2) is 4.39 Å². The van der Waals surface area contributed by atoms with Gasteiger partial charge in [0, 0.05) is 17.7 Å². The largest absolute Gasteiger partial charge is 0.326 e. The van der Waals surface area contributed by atoms with Crippen molar-refractivity contribution in [2.24, 2.45) is 0 Å². The summed E-state index contributed by atoms with van der Waals surface area (Å²) in [6.45, 7) is 0. The van der Waals surface area contributed by atoms with Gasteiger partial charge in [-0.3, -0.25) is 9.59 Å². The predicted molar refractivity (Wildman–Crippen MR) is 73.2 cm³/mol. The molecule has 2 aromatic carbocycles. The normalized spacial score (nSPS) is 12.9. The number of hydrogen-bond donors (Lipinski definition) is 1. The Balaban J connectivity index is 1.79. The van der Waals surface area contributed by atoms with Crippen molar-refractivity contribution in [2.45, 2.75) is 12.8 Å². The molecule has 1 amide bonds. The number of Topliss-reactive ketones (excluding diaryl/α,β-unsaturated/α-hetero) is 1. The van der Waals surface area contributed by atoms with Gasteiger partial charge in [0.1, 0.15) is 5.82 Å². The number of carbonyl (C=O) groups excluding carboxylic acids is 2. The minimum Gasteiger partial charge on any atom is -0.326 e. The lowest BCUT2D eigenvalue weighted by atomic mass is 10.0. The molecule has 3 nitrogen and oxygen atoms in total. The van der Waals surface area contributed by atoms with E-state index in [1.54, 1.807) is 30.3 Å². The van der Waals surface area contributed by atoms with Crippen molar-refractivity contribution >= 4 is 17.4 Å². The molecule has 1 heterocycles. The third-order valence-corrected chi connectivity index (χ3v) is 3.33. The lowest BCUT2D eigenvalue weighted by molar-refractivity contribution is -0.115. The van der Waals surface area contributed by atoms with Crippen molar-refractivity contribution in [1.82, 2.24) is 0 Å². The molecule has 1 aliphatic rings. The molecule has 0 spiro atoms. The summed E-state index contributed by atoms with van der Waals surface area (Å²) >= 11 is 0. The summed E-state index contributed by atoms with van der Waals surface area (Å²) in [6, 6.07) is 11.1.